The van der Waals surface area contributed by atoms with Gasteiger partial charge in [0.25, 0.3) is 11.8 Å². The Morgan fingerprint density at radius 3 is 2.14 bits per heavy atom. The third-order valence-electron chi connectivity index (χ3n) is 4.50. The van der Waals surface area contributed by atoms with Crippen LogP contribution in [0.15, 0.2) is 48.2 Å². The molecule has 3 rings (SSSR count). The van der Waals surface area contributed by atoms with Crippen LogP contribution in [0, 0.1) is 19.8 Å². The van der Waals surface area contributed by atoms with E-state index in [-0.39, 0.29) is 11.8 Å². The summed E-state index contributed by atoms with van der Waals surface area (Å²) in [5, 5.41) is 3.17. The first-order chi connectivity index (χ1) is 13.3. The lowest BCUT2D eigenvalue weighted by Gasteiger charge is -2.11. The van der Waals surface area contributed by atoms with Crippen molar-refractivity contribution in [3.8, 4) is 5.75 Å². The van der Waals surface area contributed by atoms with Crippen LogP contribution in [-0.4, -0.2) is 30.4 Å². The van der Waals surface area contributed by atoms with Crippen molar-refractivity contribution in [3.63, 3.8) is 0 Å². The third kappa shape index (κ3) is 4.09. The van der Waals surface area contributed by atoms with E-state index in [1.54, 1.807) is 0 Å². The Balaban J connectivity index is 1.96. The number of carbonyl (C=O) groups is 2. The van der Waals surface area contributed by atoms with Gasteiger partial charge in [0.05, 0.1) is 12.2 Å². The number of likely N-dealkylation sites (N-methyl/N-ethyl adjacent to an activating group) is 1. The van der Waals surface area contributed by atoms with Crippen LogP contribution < -0.4 is 10.1 Å². The smallest absolute Gasteiger partial charge is 0.277 e. The molecule has 0 aliphatic carbocycles. The van der Waals surface area contributed by atoms with Crippen LogP contribution in [0.2, 0.25) is 0 Å². The number of aryl methyl sites for hydroxylation is 2. The van der Waals surface area contributed by atoms with Gasteiger partial charge >= 0.3 is 0 Å². The van der Waals surface area contributed by atoms with E-state index in [1.165, 1.54) is 7.05 Å². The van der Waals surface area contributed by atoms with Crippen LogP contribution in [0.5, 0.6) is 5.75 Å². The molecule has 0 unspecified atom stereocenters. The fraction of sp³-hybridized carbons (Fsp3) is 0.304. The summed E-state index contributed by atoms with van der Waals surface area (Å²) >= 11 is 0. The SMILES string of the molecule is Cc1cc(C)cc(NC2=C(c3ccc(OCC(C)C)cc3)C(=O)N(C)C2=O)c1. The molecule has 2 aromatic carbocycles. The highest BCUT2D eigenvalue weighted by Gasteiger charge is 2.36. The molecular weight excluding hydrogens is 352 g/mol. The summed E-state index contributed by atoms with van der Waals surface area (Å²) in [6.45, 7) is 8.79. The second-order valence-corrected chi connectivity index (χ2v) is 7.65. The van der Waals surface area contributed by atoms with Crippen molar-refractivity contribution < 1.29 is 14.3 Å². The predicted octanol–water partition coefficient (Wildman–Crippen LogP) is 4.16. The Morgan fingerprint density at radius 2 is 1.57 bits per heavy atom. The first-order valence-corrected chi connectivity index (χ1v) is 9.41. The molecule has 1 aliphatic heterocycles. The Morgan fingerprint density at radius 1 is 0.964 bits per heavy atom. The molecule has 28 heavy (non-hydrogen) atoms. The minimum Gasteiger partial charge on any atom is -0.493 e. The molecule has 5 heteroatoms. The van der Waals surface area contributed by atoms with Crippen molar-refractivity contribution in [2.24, 2.45) is 5.92 Å². The highest BCUT2D eigenvalue weighted by atomic mass is 16.5. The van der Waals surface area contributed by atoms with Gasteiger partial charge in [-0.25, -0.2) is 0 Å². The Hall–Kier alpha value is -3.08. The molecule has 0 radical (unpaired) electrons. The van der Waals surface area contributed by atoms with E-state index < -0.39 is 0 Å². The quantitative estimate of drug-likeness (QED) is 0.767. The molecular formula is C23H26N2O3. The van der Waals surface area contributed by atoms with E-state index >= 15 is 0 Å². The topological polar surface area (TPSA) is 58.6 Å². The lowest BCUT2D eigenvalue weighted by molar-refractivity contribution is -0.135. The number of hydrogen-bond acceptors (Lipinski definition) is 4. The molecule has 1 N–H and O–H groups in total. The Labute approximate surface area is 166 Å². The second-order valence-electron chi connectivity index (χ2n) is 7.65. The van der Waals surface area contributed by atoms with Gasteiger partial charge in [-0.1, -0.05) is 32.0 Å². The lowest BCUT2D eigenvalue weighted by atomic mass is 10.0. The highest BCUT2D eigenvalue weighted by Crippen LogP contribution is 2.31. The van der Waals surface area contributed by atoms with Gasteiger partial charge in [-0.15, -0.1) is 0 Å². The van der Waals surface area contributed by atoms with Gasteiger partial charge < -0.3 is 10.1 Å². The molecule has 0 bridgehead atoms. The zero-order chi connectivity index (χ0) is 20.4. The molecule has 2 amide bonds. The molecule has 0 fully saturated rings. The largest absolute Gasteiger partial charge is 0.493 e. The molecule has 1 aliphatic rings. The maximum absolute atomic E-state index is 12.7. The number of carbonyl (C=O) groups excluding carboxylic acids is 2. The number of imide groups is 1. The normalized spacial score (nSPS) is 14.3. The van der Waals surface area contributed by atoms with Crippen molar-refractivity contribution in [3.05, 3.63) is 64.9 Å². The number of nitrogens with one attached hydrogen (secondary N) is 1. The van der Waals surface area contributed by atoms with Gasteiger partial charge in [0.15, 0.2) is 0 Å². The van der Waals surface area contributed by atoms with Gasteiger partial charge in [-0.05, 0) is 60.7 Å². The standard InChI is InChI=1S/C23H26N2O3/c1-14(2)13-28-19-8-6-17(7-9-19)20-21(23(27)25(5)22(20)26)24-18-11-15(3)10-16(4)12-18/h6-12,14,24H,13H2,1-5H3. The van der Waals surface area contributed by atoms with Gasteiger partial charge in [0.2, 0.25) is 0 Å². The van der Waals surface area contributed by atoms with Gasteiger partial charge in [-0.3, -0.25) is 14.5 Å². The molecule has 0 spiro atoms. The van der Waals surface area contributed by atoms with Crippen LogP contribution in [0.25, 0.3) is 5.57 Å². The molecule has 1 heterocycles. The van der Waals surface area contributed by atoms with Crippen molar-refractivity contribution in [1.29, 1.82) is 0 Å². The van der Waals surface area contributed by atoms with E-state index in [4.69, 9.17) is 4.74 Å². The molecule has 146 valence electrons. The van der Waals surface area contributed by atoms with Crippen molar-refractivity contribution in [2.75, 3.05) is 19.0 Å². The van der Waals surface area contributed by atoms with E-state index in [1.807, 2.05) is 50.2 Å². The first kappa shape index (κ1) is 19.7. The van der Waals surface area contributed by atoms with Gasteiger partial charge in [0.1, 0.15) is 11.4 Å². The van der Waals surface area contributed by atoms with Crippen molar-refractivity contribution in [2.45, 2.75) is 27.7 Å². The molecule has 2 aromatic rings. The molecule has 0 saturated carbocycles. The summed E-state index contributed by atoms with van der Waals surface area (Å²) < 4.78 is 5.71. The summed E-state index contributed by atoms with van der Waals surface area (Å²) in [6, 6.07) is 13.3. The number of hydrogen-bond donors (Lipinski definition) is 1. The van der Waals surface area contributed by atoms with Crippen molar-refractivity contribution in [1.82, 2.24) is 4.90 Å². The zero-order valence-corrected chi connectivity index (χ0v) is 17.0. The Kier molecular flexibility index (Phi) is 5.54. The molecule has 0 saturated heterocycles. The summed E-state index contributed by atoms with van der Waals surface area (Å²) in [4.78, 5) is 26.5. The Bertz CT molecular complexity index is 923. The lowest BCUT2D eigenvalue weighted by Crippen LogP contribution is -2.27. The van der Waals surface area contributed by atoms with Gasteiger partial charge in [0, 0.05) is 12.7 Å². The number of ether oxygens (including phenoxy) is 1. The predicted molar refractivity (Wildman–Crippen MR) is 111 cm³/mol. The first-order valence-electron chi connectivity index (χ1n) is 9.41. The maximum atomic E-state index is 12.7. The van der Waals surface area contributed by atoms with E-state index in [0.29, 0.717) is 29.4 Å². The van der Waals surface area contributed by atoms with Crippen LogP contribution in [0.4, 0.5) is 5.69 Å². The number of rotatable bonds is 6. The van der Waals surface area contributed by atoms with Crippen LogP contribution in [-0.2, 0) is 9.59 Å². The monoisotopic (exact) mass is 378 g/mol. The van der Waals surface area contributed by atoms with Crippen LogP contribution in [0.1, 0.15) is 30.5 Å². The number of benzene rings is 2. The average molecular weight is 378 g/mol. The number of nitrogens with zero attached hydrogens (tertiary/aromatic N) is 1. The van der Waals surface area contributed by atoms with E-state index in [2.05, 4.69) is 25.2 Å². The molecule has 0 atom stereocenters. The number of anilines is 1. The highest BCUT2D eigenvalue weighted by molar-refractivity contribution is 6.36. The van der Waals surface area contributed by atoms with E-state index in [9.17, 15) is 9.59 Å². The number of amides is 2. The van der Waals surface area contributed by atoms with E-state index in [0.717, 1.165) is 27.5 Å². The minimum absolute atomic E-state index is 0.299. The molecule has 0 aromatic heterocycles. The van der Waals surface area contributed by atoms with Gasteiger partial charge in [-0.2, -0.15) is 0 Å². The average Bonchev–Trinajstić information content (AvgIpc) is 2.84. The fourth-order valence-corrected chi connectivity index (χ4v) is 3.20. The third-order valence-corrected chi connectivity index (χ3v) is 4.50. The van der Waals surface area contributed by atoms with Crippen LogP contribution >= 0.6 is 0 Å². The summed E-state index contributed by atoms with van der Waals surface area (Å²) in [6.07, 6.45) is 0. The second kappa shape index (κ2) is 7.89. The maximum Gasteiger partial charge on any atom is 0.277 e. The minimum atomic E-state index is -0.334. The van der Waals surface area contributed by atoms with Crippen LogP contribution in [0.3, 0.4) is 0 Å². The summed E-state index contributed by atoms with van der Waals surface area (Å²) in [5.41, 5.74) is 4.32. The summed E-state index contributed by atoms with van der Waals surface area (Å²) in [7, 11) is 1.50. The van der Waals surface area contributed by atoms with Crippen molar-refractivity contribution >= 4 is 23.1 Å². The summed E-state index contributed by atoms with van der Waals surface area (Å²) in [5.74, 6) is 0.526. The zero-order valence-electron chi connectivity index (χ0n) is 17.0. The fourth-order valence-electron chi connectivity index (χ4n) is 3.20. The molecule has 5 nitrogen and oxygen atoms in total.